The Bertz CT molecular complexity index is 545. The van der Waals surface area contributed by atoms with Crippen LogP contribution in [0, 0.1) is 0 Å². The minimum absolute atomic E-state index is 0.342. The number of amides is 1. The Morgan fingerprint density at radius 2 is 2.00 bits per heavy atom. The van der Waals surface area contributed by atoms with E-state index in [0.717, 1.165) is 16.1 Å². The number of nitrogens with one attached hydrogen (secondary N) is 1. The molecule has 1 N–H and O–H groups in total. The Kier molecular flexibility index (Phi) is 7.77. The van der Waals surface area contributed by atoms with Crippen molar-refractivity contribution < 1.29 is 19.1 Å². The van der Waals surface area contributed by atoms with E-state index in [2.05, 4.69) is 40.9 Å². The van der Waals surface area contributed by atoms with E-state index in [1.54, 1.807) is 0 Å². The molecule has 0 saturated carbocycles. The first-order valence-corrected chi connectivity index (χ1v) is 12.0. The van der Waals surface area contributed by atoms with Crippen molar-refractivity contribution in [3.63, 3.8) is 0 Å². The SMILES string of the molecule is COC(=O)[C@H](Cc1cccc(Br)c1)NC(=O)OCC[Si](C)(C)C. The zero-order valence-corrected chi connectivity index (χ0v) is 16.6. The van der Waals surface area contributed by atoms with Gasteiger partial charge in [0.1, 0.15) is 6.04 Å². The summed E-state index contributed by atoms with van der Waals surface area (Å²) in [6.07, 6.45) is -0.247. The largest absolute Gasteiger partial charge is 0.467 e. The number of hydrogen-bond donors (Lipinski definition) is 1. The Balaban J connectivity index is 2.61. The maximum absolute atomic E-state index is 11.9. The van der Waals surface area contributed by atoms with Crippen molar-refractivity contribution in [3.8, 4) is 0 Å². The molecule has 0 aliphatic rings. The molecule has 1 rings (SSSR count). The summed E-state index contributed by atoms with van der Waals surface area (Å²) in [5.74, 6) is -0.493. The summed E-state index contributed by atoms with van der Waals surface area (Å²) in [6.45, 7) is 6.99. The molecule has 0 spiro atoms. The Labute approximate surface area is 146 Å². The molecule has 0 bridgehead atoms. The van der Waals surface area contributed by atoms with E-state index in [9.17, 15) is 9.59 Å². The van der Waals surface area contributed by atoms with Gasteiger partial charge in [-0.2, -0.15) is 0 Å². The maximum atomic E-state index is 11.9. The summed E-state index contributed by atoms with van der Waals surface area (Å²) >= 11 is 3.39. The molecule has 0 aromatic heterocycles. The van der Waals surface area contributed by atoms with Gasteiger partial charge in [-0.1, -0.05) is 47.7 Å². The molecule has 0 heterocycles. The van der Waals surface area contributed by atoms with Gasteiger partial charge in [0, 0.05) is 19.0 Å². The number of halogens is 1. The highest BCUT2D eigenvalue weighted by Crippen LogP contribution is 2.14. The molecular formula is C16H24BrNO4Si. The topological polar surface area (TPSA) is 64.6 Å². The molecule has 23 heavy (non-hydrogen) atoms. The first-order valence-electron chi connectivity index (χ1n) is 7.47. The molecule has 1 aromatic rings. The summed E-state index contributed by atoms with van der Waals surface area (Å²) in [5, 5.41) is 2.59. The molecule has 7 heteroatoms. The minimum Gasteiger partial charge on any atom is -0.467 e. The smallest absolute Gasteiger partial charge is 0.407 e. The highest BCUT2D eigenvalue weighted by Gasteiger charge is 2.23. The lowest BCUT2D eigenvalue weighted by atomic mass is 10.1. The van der Waals surface area contributed by atoms with Crippen molar-refractivity contribution >= 4 is 36.1 Å². The van der Waals surface area contributed by atoms with Crippen LogP contribution in [-0.4, -0.2) is 39.9 Å². The van der Waals surface area contributed by atoms with E-state index in [1.165, 1.54) is 7.11 Å². The van der Waals surface area contributed by atoms with E-state index >= 15 is 0 Å². The van der Waals surface area contributed by atoms with Crippen LogP contribution in [0.2, 0.25) is 25.7 Å². The highest BCUT2D eigenvalue weighted by atomic mass is 79.9. The molecule has 0 aliphatic carbocycles. The Hall–Kier alpha value is -1.34. The average molecular weight is 402 g/mol. The number of hydrogen-bond acceptors (Lipinski definition) is 4. The lowest BCUT2D eigenvalue weighted by Gasteiger charge is -2.18. The van der Waals surface area contributed by atoms with E-state index in [4.69, 9.17) is 9.47 Å². The van der Waals surface area contributed by atoms with Crippen LogP contribution < -0.4 is 5.32 Å². The second-order valence-corrected chi connectivity index (χ2v) is 13.0. The van der Waals surface area contributed by atoms with Crippen LogP contribution in [0.4, 0.5) is 4.79 Å². The standard InChI is InChI=1S/C16H24BrNO4Si/c1-21-15(19)14(11-12-6-5-7-13(17)10-12)18-16(20)22-8-9-23(2,3)4/h5-7,10,14H,8-9,11H2,1-4H3,(H,18,20)/t14-/m0/s1. The van der Waals surface area contributed by atoms with E-state index in [-0.39, 0.29) is 0 Å². The second kappa shape index (κ2) is 9.07. The van der Waals surface area contributed by atoms with Gasteiger partial charge >= 0.3 is 12.1 Å². The average Bonchev–Trinajstić information content (AvgIpc) is 2.44. The van der Waals surface area contributed by atoms with Crippen molar-refractivity contribution in [2.24, 2.45) is 0 Å². The number of methoxy groups -OCH3 is 1. The normalized spacial score (nSPS) is 12.4. The lowest BCUT2D eigenvalue weighted by molar-refractivity contribution is -0.142. The molecule has 0 aliphatic heterocycles. The molecule has 1 atom stereocenters. The van der Waals surface area contributed by atoms with Gasteiger partial charge in [-0.25, -0.2) is 9.59 Å². The van der Waals surface area contributed by atoms with Gasteiger partial charge < -0.3 is 14.8 Å². The number of alkyl carbamates (subject to hydrolysis) is 1. The molecular weight excluding hydrogens is 378 g/mol. The van der Waals surface area contributed by atoms with E-state index in [1.807, 2.05) is 24.3 Å². The van der Waals surface area contributed by atoms with Gasteiger partial charge in [0.25, 0.3) is 0 Å². The minimum atomic E-state index is -1.26. The van der Waals surface area contributed by atoms with Gasteiger partial charge in [-0.05, 0) is 23.7 Å². The summed E-state index contributed by atoms with van der Waals surface area (Å²) < 4.78 is 10.8. The fraction of sp³-hybridized carbons (Fsp3) is 0.500. The quantitative estimate of drug-likeness (QED) is 0.559. The van der Waals surface area contributed by atoms with Crippen LogP contribution in [-0.2, 0) is 20.7 Å². The maximum Gasteiger partial charge on any atom is 0.407 e. The third-order valence-corrected chi connectivity index (χ3v) is 5.39. The first-order chi connectivity index (χ1) is 10.7. The van der Waals surface area contributed by atoms with Crippen LogP contribution in [0.25, 0.3) is 0 Å². The van der Waals surface area contributed by atoms with Crippen molar-refractivity contribution in [1.82, 2.24) is 5.32 Å². The van der Waals surface area contributed by atoms with Crippen molar-refractivity contribution in [2.75, 3.05) is 13.7 Å². The lowest BCUT2D eigenvalue weighted by Crippen LogP contribution is -2.43. The van der Waals surface area contributed by atoms with Crippen molar-refractivity contribution in [1.29, 1.82) is 0 Å². The monoisotopic (exact) mass is 401 g/mol. The van der Waals surface area contributed by atoms with Gasteiger partial charge in [0.2, 0.25) is 0 Å². The second-order valence-electron chi connectivity index (χ2n) is 6.50. The van der Waals surface area contributed by atoms with Crippen molar-refractivity contribution in [2.45, 2.75) is 38.1 Å². The molecule has 0 radical (unpaired) electrons. The highest BCUT2D eigenvalue weighted by molar-refractivity contribution is 9.10. The Morgan fingerprint density at radius 3 is 2.57 bits per heavy atom. The van der Waals surface area contributed by atoms with Gasteiger partial charge in [0.15, 0.2) is 0 Å². The fourth-order valence-electron chi connectivity index (χ4n) is 1.87. The van der Waals surface area contributed by atoms with E-state index in [0.29, 0.717) is 13.0 Å². The van der Waals surface area contributed by atoms with Gasteiger partial charge in [-0.3, -0.25) is 0 Å². The first kappa shape index (κ1) is 19.7. The number of ether oxygens (including phenoxy) is 2. The van der Waals surface area contributed by atoms with Gasteiger partial charge in [0.05, 0.1) is 13.7 Å². The third kappa shape index (κ3) is 8.18. The number of carbonyl (C=O) groups excluding carboxylic acids is 2. The molecule has 1 amide bonds. The summed E-state index contributed by atoms with van der Waals surface area (Å²) in [6, 6.07) is 7.67. The van der Waals surface area contributed by atoms with Crippen LogP contribution >= 0.6 is 15.9 Å². The van der Waals surface area contributed by atoms with Crippen LogP contribution in [0.3, 0.4) is 0 Å². The number of benzene rings is 1. The summed E-state index contributed by atoms with van der Waals surface area (Å²) in [4.78, 5) is 23.8. The zero-order valence-electron chi connectivity index (χ0n) is 14.0. The molecule has 5 nitrogen and oxygen atoms in total. The summed E-state index contributed by atoms with van der Waals surface area (Å²) in [7, 11) is 0.0383. The summed E-state index contributed by atoms with van der Waals surface area (Å²) in [5.41, 5.74) is 0.914. The van der Waals surface area contributed by atoms with Crippen LogP contribution in [0.1, 0.15) is 5.56 Å². The molecule has 128 valence electrons. The fourth-order valence-corrected chi connectivity index (χ4v) is 3.03. The zero-order chi connectivity index (χ0) is 17.5. The number of carbonyl (C=O) groups is 2. The predicted molar refractivity (Wildman–Crippen MR) is 96.3 cm³/mol. The van der Waals surface area contributed by atoms with Crippen LogP contribution in [0.5, 0.6) is 0 Å². The number of rotatable bonds is 7. The molecule has 1 aromatic carbocycles. The predicted octanol–water partition coefficient (Wildman–Crippen LogP) is 3.60. The van der Waals surface area contributed by atoms with Crippen molar-refractivity contribution in [3.05, 3.63) is 34.3 Å². The van der Waals surface area contributed by atoms with Gasteiger partial charge in [-0.15, -0.1) is 0 Å². The Morgan fingerprint density at radius 1 is 1.30 bits per heavy atom. The molecule has 0 saturated heterocycles. The molecule has 0 fully saturated rings. The van der Waals surface area contributed by atoms with Crippen LogP contribution in [0.15, 0.2) is 28.7 Å². The van der Waals surface area contributed by atoms with E-state index < -0.39 is 26.2 Å². The third-order valence-electron chi connectivity index (χ3n) is 3.19. The molecule has 0 unspecified atom stereocenters. The number of esters is 1.